The minimum Gasteiger partial charge on any atom is -0.360 e. The van der Waals surface area contributed by atoms with E-state index in [1.807, 2.05) is 0 Å². The van der Waals surface area contributed by atoms with E-state index in [4.69, 9.17) is 0 Å². The molecule has 0 fully saturated rings. The average molecular weight is 424 g/mol. The number of nitrogens with zero attached hydrogens (tertiary/aromatic N) is 2. The molecule has 0 aromatic heterocycles. The Morgan fingerprint density at radius 1 is 0.967 bits per heavy atom. The molecule has 1 aliphatic rings. The van der Waals surface area contributed by atoms with Crippen LogP contribution in [0.3, 0.4) is 0 Å². The van der Waals surface area contributed by atoms with E-state index < -0.39 is 27.0 Å². The number of fused-ring (bicyclic) bond motifs is 1. The molecule has 152 valence electrons. The zero-order chi connectivity index (χ0) is 21.3. The van der Waals surface area contributed by atoms with E-state index in [0.29, 0.717) is 11.3 Å². The molecule has 10 heteroatoms. The highest BCUT2D eigenvalue weighted by molar-refractivity contribution is 7.89. The molecule has 3 aromatic rings. The summed E-state index contributed by atoms with van der Waals surface area (Å²) in [5, 5.41) is 15.2. The van der Waals surface area contributed by atoms with Gasteiger partial charge in [-0.25, -0.2) is 13.4 Å². The van der Waals surface area contributed by atoms with Gasteiger partial charge < -0.3 is 5.32 Å². The first-order valence-electron chi connectivity index (χ1n) is 8.88. The molecule has 0 radical (unpaired) electrons. The monoisotopic (exact) mass is 424 g/mol. The summed E-state index contributed by atoms with van der Waals surface area (Å²) in [6.45, 7) is 0. The summed E-state index contributed by atoms with van der Waals surface area (Å²) in [6, 6.07) is 19.9. The number of para-hydroxylation sites is 1. The van der Waals surface area contributed by atoms with Crippen molar-refractivity contribution >= 4 is 27.3 Å². The zero-order valence-corrected chi connectivity index (χ0v) is 16.2. The fourth-order valence-electron chi connectivity index (χ4n) is 3.17. The normalized spacial score (nSPS) is 15.9. The van der Waals surface area contributed by atoms with Crippen LogP contribution in [0.25, 0.3) is 0 Å². The minimum atomic E-state index is -4.08. The summed E-state index contributed by atoms with van der Waals surface area (Å²) in [5.74, 6) is -0.583. The van der Waals surface area contributed by atoms with Gasteiger partial charge in [0.1, 0.15) is 6.17 Å². The number of nitro benzene ring substituents is 1. The van der Waals surface area contributed by atoms with Gasteiger partial charge >= 0.3 is 0 Å². The number of carbonyl (C=O) groups is 1. The molecule has 4 rings (SSSR count). The maximum atomic E-state index is 13.2. The highest BCUT2D eigenvalue weighted by Crippen LogP contribution is 2.33. The molecule has 3 aromatic carbocycles. The fraction of sp³-hybridized carbons (Fsp3) is 0.0500. The molecule has 0 bridgehead atoms. The van der Waals surface area contributed by atoms with Crippen LogP contribution in [0.5, 0.6) is 0 Å². The maximum Gasteiger partial charge on any atom is 0.273 e. The first-order chi connectivity index (χ1) is 14.4. The lowest BCUT2D eigenvalue weighted by molar-refractivity contribution is -0.384. The number of nitrogens with one attached hydrogen (secondary N) is 2. The molecule has 0 aliphatic carbocycles. The Labute approximate surface area is 172 Å². The predicted molar refractivity (Wildman–Crippen MR) is 109 cm³/mol. The molecular formula is C20H16N4O5S. The number of carbonyl (C=O) groups excluding carboxylic acids is 1. The van der Waals surface area contributed by atoms with Gasteiger partial charge in [-0.15, -0.1) is 4.83 Å². The smallest absolute Gasteiger partial charge is 0.273 e. The number of rotatable bonds is 5. The number of nitro groups is 1. The topological polar surface area (TPSA) is 122 Å². The number of benzene rings is 3. The van der Waals surface area contributed by atoms with E-state index >= 15 is 0 Å². The number of hydrogen-bond donors (Lipinski definition) is 2. The van der Waals surface area contributed by atoms with Crippen LogP contribution in [-0.2, 0) is 10.0 Å². The highest BCUT2D eigenvalue weighted by Gasteiger charge is 2.36. The number of hydrazine groups is 1. The van der Waals surface area contributed by atoms with Gasteiger partial charge in [0.15, 0.2) is 0 Å². The Bertz CT molecular complexity index is 1230. The number of non-ortho nitro benzene ring substituents is 1. The molecule has 0 spiro atoms. The molecule has 30 heavy (non-hydrogen) atoms. The van der Waals surface area contributed by atoms with Crippen molar-refractivity contribution in [1.82, 2.24) is 9.84 Å². The van der Waals surface area contributed by atoms with Crippen LogP contribution in [0.4, 0.5) is 11.4 Å². The second-order valence-electron chi connectivity index (χ2n) is 6.53. The summed E-state index contributed by atoms with van der Waals surface area (Å²) in [7, 11) is -4.08. The van der Waals surface area contributed by atoms with Crippen molar-refractivity contribution in [3.05, 3.63) is 100 Å². The van der Waals surface area contributed by atoms with Gasteiger partial charge in [0.2, 0.25) is 0 Å². The average Bonchev–Trinajstić information content (AvgIpc) is 2.76. The Balaban J connectivity index is 1.79. The van der Waals surface area contributed by atoms with Crippen molar-refractivity contribution in [2.24, 2.45) is 0 Å². The van der Waals surface area contributed by atoms with Crippen molar-refractivity contribution in [1.29, 1.82) is 0 Å². The van der Waals surface area contributed by atoms with Gasteiger partial charge in [0, 0.05) is 23.4 Å². The zero-order valence-electron chi connectivity index (χ0n) is 15.4. The molecule has 1 atom stereocenters. The molecule has 2 N–H and O–H groups in total. The summed E-state index contributed by atoms with van der Waals surface area (Å²) in [5.41, 5.74) is 0.943. The van der Waals surface area contributed by atoms with E-state index in [9.17, 15) is 23.3 Å². The van der Waals surface area contributed by atoms with Gasteiger partial charge in [-0.05, 0) is 24.3 Å². The van der Waals surface area contributed by atoms with Crippen molar-refractivity contribution in [3.63, 3.8) is 0 Å². The molecule has 0 saturated heterocycles. The molecule has 1 aliphatic heterocycles. The second kappa shape index (κ2) is 7.58. The van der Waals surface area contributed by atoms with Crippen LogP contribution in [0, 0.1) is 10.1 Å². The molecule has 1 heterocycles. The van der Waals surface area contributed by atoms with Crippen molar-refractivity contribution in [3.8, 4) is 0 Å². The maximum absolute atomic E-state index is 13.2. The van der Waals surface area contributed by atoms with Crippen molar-refractivity contribution in [2.75, 3.05) is 5.32 Å². The second-order valence-corrected chi connectivity index (χ2v) is 8.19. The summed E-state index contributed by atoms with van der Waals surface area (Å²) < 4.78 is 25.7. The largest absolute Gasteiger partial charge is 0.360 e. The van der Waals surface area contributed by atoms with Crippen molar-refractivity contribution < 1.29 is 18.1 Å². The number of sulfonamides is 1. The van der Waals surface area contributed by atoms with Crippen LogP contribution in [0.1, 0.15) is 22.1 Å². The van der Waals surface area contributed by atoms with E-state index in [-0.39, 0.29) is 16.1 Å². The molecule has 0 saturated carbocycles. The van der Waals surface area contributed by atoms with Crippen LogP contribution < -0.4 is 10.1 Å². The Morgan fingerprint density at radius 3 is 2.40 bits per heavy atom. The standard InChI is InChI=1S/C20H16N4O5S/c25-20-17-11-4-5-12-18(17)21-19(14-7-6-8-15(13-14)24(26)27)23(20)22-30(28,29)16-9-2-1-3-10-16/h1-13,19,21-22H/t19-/m1/s1. The van der Waals surface area contributed by atoms with Crippen LogP contribution in [0.15, 0.2) is 83.8 Å². The quantitative estimate of drug-likeness (QED) is 0.480. The van der Waals surface area contributed by atoms with Gasteiger partial charge in [-0.3, -0.25) is 14.9 Å². The Hall–Kier alpha value is -3.76. The van der Waals surface area contributed by atoms with Gasteiger partial charge in [0.25, 0.3) is 21.6 Å². The summed E-state index contributed by atoms with van der Waals surface area (Å²) in [6.07, 6.45) is -0.995. The third-order valence-corrected chi connectivity index (χ3v) is 5.93. The first-order valence-corrected chi connectivity index (χ1v) is 10.4. The van der Waals surface area contributed by atoms with Crippen molar-refractivity contribution in [2.45, 2.75) is 11.1 Å². The number of amides is 1. The highest BCUT2D eigenvalue weighted by atomic mass is 32.2. The molecule has 0 unspecified atom stereocenters. The van der Waals surface area contributed by atoms with E-state index in [1.165, 1.54) is 30.3 Å². The van der Waals surface area contributed by atoms with Gasteiger partial charge in [-0.2, -0.15) is 0 Å². The first kappa shape index (κ1) is 19.6. The number of hydrogen-bond acceptors (Lipinski definition) is 6. The Morgan fingerprint density at radius 2 is 1.67 bits per heavy atom. The SMILES string of the molecule is O=C1c2ccccc2N[C@@H](c2cccc([N+](=O)[O-])c2)N1NS(=O)(=O)c1ccccc1. The van der Waals surface area contributed by atoms with Crippen LogP contribution >= 0.6 is 0 Å². The molecule has 9 nitrogen and oxygen atoms in total. The fourth-order valence-corrected chi connectivity index (χ4v) is 4.24. The van der Waals surface area contributed by atoms with Gasteiger partial charge in [-0.1, -0.05) is 42.5 Å². The lowest BCUT2D eigenvalue weighted by Gasteiger charge is -2.37. The van der Waals surface area contributed by atoms with Crippen LogP contribution in [0.2, 0.25) is 0 Å². The van der Waals surface area contributed by atoms with E-state index in [1.54, 1.807) is 48.5 Å². The van der Waals surface area contributed by atoms with E-state index in [0.717, 1.165) is 5.01 Å². The molecule has 1 amide bonds. The third kappa shape index (κ3) is 3.61. The number of anilines is 1. The lowest BCUT2D eigenvalue weighted by atomic mass is 10.0. The summed E-state index contributed by atoms with van der Waals surface area (Å²) in [4.78, 5) is 26.1. The minimum absolute atomic E-state index is 0.0190. The molecular weight excluding hydrogens is 408 g/mol. The Kier molecular flexibility index (Phi) is 4.94. The third-order valence-electron chi connectivity index (χ3n) is 4.60. The van der Waals surface area contributed by atoms with Gasteiger partial charge in [0.05, 0.1) is 15.4 Å². The van der Waals surface area contributed by atoms with E-state index in [2.05, 4.69) is 10.1 Å². The summed E-state index contributed by atoms with van der Waals surface area (Å²) >= 11 is 0. The van der Waals surface area contributed by atoms with Crippen LogP contribution in [-0.4, -0.2) is 24.3 Å². The predicted octanol–water partition coefficient (Wildman–Crippen LogP) is 3.05. The lowest BCUT2D eigenvalue weighted by Crippen LogP contribution is -2.52.